The van der Waals surface area contributed by atoms with E-state index in [1.807, 2.05) is 6.07 Å². The molecule has 1 aromatic carbocycles. The molecule has 1 unspecified atom stereocenters. The zero-order chi connectivity index (χ0) is 19.6. The van der Waals surface area contributed by atoms with E-state index in [9.17, 15) is 9.90 Å². The van der Waals surface area contributed by atoms with Gasteiger partial charge in [0.25, 0.3) is 0 Å². The van der Waals surface area contributed by atoms with Crippen molar-refractivity contribution in [1.29, 1.82) is 5.26 Å². The first-order valence-electron chi connectivity index (χ1n) is 7.81. The van der Waals surface area contributed by atoms with Crippen molar-refractivity contribution in [2.75, 3.05) is 18.2 Å². The minimum atomic E-state index is -0.487. The molecule has 138 valence electrons. The van der Waals surface area contributed by atoms with E-state index < -0.39 is 5.25 Å². The normalized spacial score (nSPS) is 11.7. The number of aromatic nitrogens is 3. The maximum Gasteiger partial charge on any atom is 0.237 e. The molecule has 0 fully saturated rings. The Morgan fingerprint density at radius 2 is 2.30 bits per heavy atom. The van der Waals surface area contributed by atoms with Crippen LogP contribution in [-0.2, 0) is 4.79 Å². The van der Waals surface area contributed by atoms with Crippen LogP contribution in [-0.4, -0.2) is 38.3 Å². The summed E-state index contributed by atoms with van der Waals surface area (Å²) in [5.74, 6) is -0.0152. The molecule has 0 bridgehead atoms. The Bertz CT molecular complexity index is 1060. The van der Waals surface area contributed by atoms with Gasteiger partial charge in [-0.15, -0.1) is 0 Å². The molecule has 27 heavy (non-hydrogen) atoms. The molecule has 1 amide bonds. The number of nitriles is 1. The van der Waals surface area contributed by atoms with Crippen LogP contribution < -0.4 is 15.8 Å². The summed E-state index contributed by atoms with van der Waals surface area (Å²) in [6, 6.07) is 6.50. The third-order valence-corrected chi connectivity index (χ3v) is 4.74. The Morgan fingerprint density at radius 3 is 2.96 bits per heavy atom. The van der Waals surface area contributed by atoms with E-state index in [-0.39, 0.29) is 23.0 Å². The number of anilines is 2. The number of phenols is 1. The summed E-state index contributed by atoms with van der Waals surface area (Å²) in [4.78, 5) is 23.7. The van der Waals surface area contributed by atoms with Crippen LogP contribution in [0.3, 0.4) is 0 Å². The fourth-order valence-electron chi connectivity index (χ4n) is 2.35. The second-order valence-electron chi connectivity index (χ2n) is 5.57. The molecular weight excluding hydrogens is 368 g/mol. The summed E-state index contributed by atoms with van der Waals surface area (Å²) in [6.07, 6.45) is 1.48. The summed E-state index contributed by atoms with van der Waals surface area (Å²) < 4.78 is 4.97. The lowest BCUT2D eigenvalue weighted by molar-refractivity contribution is -0.115. The molecule has 9 nitrogen and oxygen atoms in total. The van der Waals surface area contributed by atoms with E-state index in [1.54, 1.807) is 19.1 Å². The number of ether oxygens (including phenoxy) is 1. The van der Waals surface area contributed by atoms with Crippen molar-refractivity contribution >= 4 is 40.1 Å². The zero-order valence-corrected chi connectivity index (χ0v) is 15.3. The lowest BCUT2D eigenvalue weighted by Crippen LogP contribution is -2.22. The molecule has 5 N–H and O–H groups in total. The number of carbonyl (C=O) groups excluding carboxylic acids is 1. The van der Waals surface area contributed by atoms with Crippen LogP contribution in [0, 0.1) is 11.3 Å². The second-order valence-corrected chi connectivity index (χ2v) is 6.90. The summed E-state index contributed by atoms with van der Waals surface area (Å²) in [5, 5.41) is 21.5. The molecule has 3 rings (SSSR count). The van der Waals surface area contributed by atoms with Gasteiger partial charge in [0.15, 0.2) is 22.3 Å². The summed E-state index contributed by atoms with van der Waals surface area (Å²) in [7, 11) is 1.45. The van der Waals surface area contributed by atoms with E-state index in [1.165, 1.54) is 31.1 Å². The van der Waals surface area contributed by atoms with Crippen LogP contribution in [0.25, 0.3) is 11.0 Å². The fraction of sp³-hybridized carbons (Fsp3) is 0.176. The highest BCUT2D eigenvalue weighted by Gasteiger charge is 2.18. The molecule has 0 saturated heterocycles. The van der Waals surface area contributed by atoms with Crippen LogP contribution >= 0.6 is 11.8 Å². The summed E-state index contributed by atoms with van der Waals surface area (Å²) in [5.41, 5.74) is 7.66. The molecule has 10 heteroatoms. The Balaban J connectivity index is 1.73. The van der Waals surface area contributed by atoms with Gasteiger partial charge in [0.1, 0.15) is 11.6 Å². The standard InChI is InChI=1S/C17H16N6O3S/c1-8(16(25)21-9-3-4-13(26-2)12(24)5-9)27-17-22-11-7-20-10(6-18)14(19)15(11)23-17/h3-5,7-8,24H,19H2,1-2H3,(H,21,25)(H,22,23). The number of methoxy groups -OCH3 is 1. The van der Waals surface area contributed by atoms with Crippen LogP contribution in [0.1, 0.15) is 12.6 Å². The number of nitrogens with one attached hydrogen (secondary N) is 2. The second kappa shape index (κ2) is 7.43. The van der Waals surface area contributed by atoms with Crippen molar-refractivity contribution in [3.8, 4) is 17.6 Å². The molecule has 0 radical (unpaired) electrons. The predicted molar refractivity (Wildman–Crippen MR) is 102 cm³/mol. The topological polar surface area (TPSA) is 150 Å². The maximum absolute atomic E-state index is 12.4. The number of nitrogens with zero attached hydrogens (tertiary/aromatic N) is 3. The van der Waals surface area contributed by atoms with E-state index >= 15 is 0 Å². The first-order valence-corrected chi connectivity index (χ1v) is 8.69. The highest BCUT2D eigenvalue weighted by molar-refractivity contribution is 8.00. The molecule has 0 aliphatic rings. The minimum Gasteiger partial charge on any atom is -0.504 e. The van der Waals surface area contributed by atoms with Crippen molar-refractivity contribution in [3.05, 3.63) is 30.1 Å². The number of aromatic hydroxyl groups is 1. The van der Waals surface area contributed by atoms with Crippen LogP contribution in [0.4, 0.5) is 11.4 Å². The van der Waals surface area contributed by atoms with Crippen molar-refractivity contribution in [1.82, 2.24) is 15.0 Å². The number of pyridine rings is 1. The monoisotopic (exact) mass is 384 g/mol. The van der Waals surface area contributed by atoms with Crippen molar-refractivity contribution in [3.63, 3.8) is 0 Å². The van der Waals surface area contributed by atoms with E-state index in [4.69, 9.17) is 15.7 Å². The van der Waals surface area contributed by atoms with Gasteiger partial charge in [-0.25, -0.2) is 9.97 Å². The van der Waals surface area contributed by atoms with Gasteiger partial charge in [0, 0.05) is 11.8 Å². The minimum absolute atomic E-state index is 0.0656. The van der Waals surface area contributed by atoms with Gasteiger partial charge in [0.2, 0.25) is 5.91 Å². The number of nitrogens with two attached hydrogens (primary N) is 1. The third kappa shape index (κ3) is 3.73. The number of imidazole rings is 1. The van der Waals surface area contributed by atoms with Gasteiger partial charge in [-0.3, -0.25) is 4.79 Å². The van der Waals surface area contributed by atoms with Gasteiger partial charge in [-0.1, -0.05) is 11.8 Å². The largest absolute Gasteiger partial charge is 0.504 e. The fourth-order valence-corrected chi connectivity index (χ4v) is 3.16. The number of thioether (sulfide) groups is 1. The number of nitrogen functional groups attached to an aromatic ring is 1. The number of aromatic amines is 1. The lowest BCUT2D eigenvalue weighted by atomic mass is 10.2. The first-order chi connectivity index (χ1) is 12.9. The molecule has 1 atom stereocenters. The number of phenolic OH excluding ortho intramolecular Hbond substituents is 1. The summed E-state index contributed by atoms with van der Waals surface area (Å²) in [6.45, 7) is 1.72. The lowest BCUT2D eigenvalue weighted by Gasteiger charge is -2.11. The molecule has 0 saturated carbocycles. The number of H-pyrrole nitrogens is 1. The smallest absolute Gasteiger partial charge is 0.237 e. The number of benzene rings is 1. The Labute approximate surface area is 158 Å². The number of rotatable bonds is 5. The van der Waals surface area contributed by atoms with Crippen molar-refractivity contribution in [2.24, 2.45) is 0 Å². The molecule has 2 heterocycles. The molecular formula is C17H16N6O3S. The van der Waals surface area contributed by atoms with Gasteiger partial charge < -0.3 is 25.9 Å². The number of hydrogen-bond acceptors (Lipinski definition) is 8. The molecule has 0 spiro atoms. The average molecular weight is 384 g/mol. The number of amides is 1. The SMILES string of the molecule is COc1ccc(NC(=O)C(C)Sc2nc3c(N)c(C#N)ncc3[nH]2)cc1O. The molecule has 0 aliphatic carbocycles. The van der Waals surface area contributed by atoms with Crippen LogP contribution in [0.2, 0.25) is 0 Å². The highest BCUT2D eigenvalue weighted by atomic mass is 32.2. The third-order valence-electron chi connectivity index (χ3n) is 3.75. The predicted octanol–water partition coefficient (Wildman–Crippen LogP) is 2.25. The van der Waals surface area contributed by atoms with E-state index in [2.05, 4.69) is 20.3 Å². The Hall–Kier alpha value is -3.45. The van der Waals surface area contributed by atoms with E-state index in [0.717, 1.165) is 0 Å². The first kappa shape index (κ1) is 18.3. The molecule has 2 aromatic heterocycles. The maximum atomic E-state index is 12.4. The Kier molecular flexibility index (Phi) is 5.05. The van der Waals surface area contributed by atoms with Gasteiger partial charge in [-0.2, -0.15) is 5.26 Å². The molecule has 3 aromatic rings. The van der Waals surface area contributed by atoms with Gasteiger partial charge >= 0.3 is 0 Å². The summed E-state index contributed by atoms with van der Waals surface area (Å²) >= 11 is 1.20. The molecule has 0 aliphatic heterocycles. The highest BCUT2D eigenvalue weighted by Crippen LogP contribution is 2.30. The van der Waals surface area contributed by atoms with Crippen molar-refractivity contribution < 1.29 is 14.6 Å². The van der Waals surface area contributed by atoms with Gasteiger partial charge in [-0.05, 0) is 19.1 Å². The number of hydrogen-bond donors (Lipinski definition) is 4. The average Bonchev–Trinajstić information content (AvgIpc) is 3.05. The number of carbonyl (C=O) groups is 1. The van der Waals surface area contributed by atoms with Crippen LogP contribution in [0.15, 0.2) is 29.6 Å². The Morgan fingerprint density at radius 1 is 1.52 bits per heavy atom. The van der Waals surface area contributed by atoms with Crippen LogP contribution in [0.5, 0.6) is 11.5 Å². The zero-order valence-electron chi connectivity index (χ0n) is 14.5. The van der Waals surface area contributed by atoms with E-state index in [0.29, 0.717) is 27.6 Å². The van der Waals surface area contributed by atoms with Crippen molar-refractivity contribution in [2.45, 2.75) is 17.3 Å². The van der Waals surface area contributed by atoms with Gasteiger partial charge in [0.05, 0.1) is 29.8 Å². The number of fused-ring (bicyclic) bond motifs is 1. The quantitative estimate of drug-likeness (QED) is 0.489.